The minimum absolute atomic E-state index is 0.118. The van der Waals surface area contributed by atoms with Crippen LogP contribution in [-0.2, 0) is 0 Å². The summed E-state index contributed by atoms with van der Waals surface area (Å²) in [5.74, 6) is 1.08. The molecule has 90 valence electrons. The molecular weight excluding hydrogens is 367 g/mol. The fourth-order valence-corrected chi connectivity index (χ4v) is 2.18. The van der Waals surface area contributed by atoms with Gasteiger partial charge in [-0.3, -0.25) is 5.10 Å². The largest absolute Gasteiger partial charge is 0.438 e. The highest BCUT2D eigenvalue weighted by Crippen LogP contribution is 2.27. The Morgan fingerprint density at radius 3 is 3.00 bits per heavy atom. The number of hydrogen-bond acceptors (Lipinski definition) is 4. The van der Waals surface area contributed by atoms with E-state index in [0.717, 1.165) is 3.57 Å². The summed E-state index contributed by atoms with van der Waals surface area (Å²) in [6.45, 7) is 0. The smallest absolute Gasteiger partial charge is 0.234 e. The lowest BCUT2D eigenvalue weighted by Gasteiger charge is -2.05. The number of fused-ring (bicyclic) bond motifs is 1. The van der Waals surface area contributed by atoms with Gasteiger partial charge >= 0.3 is 0 Å². The Hall–Kier alpha value is -1.41. The topological polar surface area (TPSA) is 63.7 Å². The zero-order valence-corrected chi connectivity index (χ0v) is 11.8. The van der Waals surface area contributed by atoms with Crippen LogP contribution in [0.1, 0.15) is 0 Å². The van der Waals surface area contributed by atoms with Gasteiger partial charge in [0, 0.05) is 3.57 Å². The fraction of sp³-hybridized carbons (Fsp3) is 0. The number of ether oxygens (including phenoxy) is 1. The monoisotopic (exact) mass is 372 g/mol. The minimum atomic E-state index is 0.118. The van der Waals surface area contributed by atoms with Gasteiger partial charge in [-0.1, -0.05) is 6.07 Å². The molecule has 5 nitrogen and oxygen atoms in total. The number of rotatable bonds is 2. The number of aromatic amines is 1. The molecule has 0 unspecified atom stereocenters. The Kier molecular flexibility index (Phi) is 3.04. The van der Waals surface area contributed by atoms with Gasteiger partial charge in [0.1, 0.15) is 11.1 Å². The Morgan fingerprint density at radius 1 is 1.28 bits per heavy atom. The zero-order valence-electron chi connectivity index (χ0n) is 8.89. The quantitative estimate of drug-likeness (QED) is 0.553. The van der Waals surface area contributed by atoms with Gasteiger partial charge in [0.2, 0.25) is 11.2 Å². The Balaban J connectivity index is 2.06. The lowest BCUT2D eigenvalue weighted by Crippen LogP contribution is -1.92. The molecule has 0 aliphatic rings. The molecule has 0 aliphatic carbocycles. The summed E-state index contributed by atoms with van der Waals surface area (Å²) in [6.07, 6.45) is 1.61. The van der Waals surface area contributed by atoms with E-state index < -0.39 is 0 Å². The molecule has 0 amide bonds. The van der Waals surface area contributed by atoms with Gasteiger partial charge < -0.3 is 4.74 Å². The molecule has 18 heavy (non-hydrogen) atoms. The van der Waals surface area contributed by atoms with Crippen LogP contribution in [0.15, 0.2) is 30.5 Å². The Bertz CT molecular complexity index is 715. The second-order valence-electron chi connectivity index (χ2n) is 3.49. The van der Waals surface area contributed by atoms with Crippen LogP contribution in [0, 0.1) is 3.57 Å². The predicted octanol–water partition coefficient (Wildman–Crippen LogP) is 3.40. The second-order valence-corrected chi connectivity index (χ2v) is 5.07. The summed E-state index contributed by atoms with van der Waals surface area (Å²) in [7, 11) is 0. The van der Waals surface area contributed by atoms with Crippen molar-refractivity contribution < 1.29 is 4.74 Å². The van der Waals surface area contributed by atoms with E-state index in [4.69, 9.17) is 16.3 Å². The summed E-state index contributed by atoms with van der Waals surface area (Å²) in [5.41, 5.74) is 0.552. The maximum Gasteiger partial charge on any atom is 0.234 e. The van der Waals surface area contributed by atoms with Gasteiger partial charge in [-0.25, -0.2) is 0 Å². The molecule has 0 atom stereocenters. The van der Waals surface area contributed by atoms with Crippen molar-refractivity contribution in [3.8, 4) is 11.6 Å². The number of halogens is 2. The molecular formula is C11H6ClIN4O. The van der Waals surface area contributed by atoms with E-state index >= 15 is 0 Å². The number of nitrogens with one attached hydrogen (secondary N) is 1. The average Bonchev–Trinajstić information content (AvgIpc) is 2.77. The van der Waals surface area contributed by atoms with E-state index in [0.29, 0.717) is 22.7 Å². The second kappa shape index (κ2) is 4.69. The van der Waals surface area contributed by atoms with Crippen molar-refractivity contribution in [1.82, 2.24) is 20.2 Å². The lowest BCUT2D eigenvalue weighted by molar-refractivity contribution is 0.468. The van der Waals surface area contributed by atoms with Crippen LogP contribution in [0.2, 0.25) is 5.28 Å². The van der Waals surface area contributed by atoms with E-state index in [1.165, 1.54) is 0 Å². The van der Waals surface area contributed by atoms with E-state index in [9.17, 15) is 0 Å². The van der Waals surface area contributed by atoms with Crippen molar-refractivity contribution >= 4 is 45.2 Å². The SMILES string of the molecule is Clc1nc(Oc2cccc(I)c2)c2cn[nH]c2n1. The van der Waals surface area contributed by atoms with Crippen molar-refractivity contribution in [2.45, 2.75) is 0 Å². The van der Waals surface area contributed by atoms with Crippen molar-refractivity contribution in [2.24, 2.45) is 0 Å². The van der Waals surface area contributed by atoms with Gasteiger partial charge in [-0.15, -0.1) is 0 Å². The molecule has 2 heterocycles. The molecule has 0 radical (unpaired) electrons. The predicted molar refractivity (Wildman–Crippen MR) is 75.9 cm³/mol. The van der Waals surface area contributed by atoms with Gasteiger partial charge in [-0.05, 0) is 52.4 Å². The first-order valence-electron chi connectivity index (χ1n) is 5.02. The number of benzene rings is 1. The molecule has 7 heteroatoms. The Labute approximate surface area is 121 Å². The molecule has 0 saturated heterocycles. The maximum absolute atomic E-state index is 5.83. The number of nitrogens with zero attached hydrogens (tertiary/aromatic N) is 3. The normalized spacial score (nSPS) is 10.8. The van der Waals surface area contributed by atoms with E-state index in [1.807, 2.05) is 24.3 Å². The van der Waals surface area contributed by atoms with Crippen LogP contribution in [0.25, 0.3) is 11.0 Å². The van der Waals surface area contributed by atoms with Crippen molar-refractivity contribution in [2.75, 3.05) is 0 Å². The molecule has 0 bridgehead atoms. The van der Waals surface area contributed by atoms with Crippen molar-refractivity contribution in [1.29, 1.82) is 0 Å². The van der Waals surface area contributed by atoms with E-state index in [1.54, 1.807) is 6.20 Å². The van der Waals surface area contributed by atoms with E-state index in [2.05, 4.69) is 42.8 Å². The van der Waals surface area contributed by atoms with Crippen molar-refractivity contribution in [3.05, 3.63) is 39.3 Å². The van der Waals surface area contributed by atoms with Gasteiger partial charge in [-0.2, -0.15) is 15.1 Å². The van der Waals surface area contributed by atoms with Crippen molar-refractivity contribution in [3.63, 3.8) is 0 Å². The molecule has 1 aromatic carbocycles. The van der Waals surface area contributed by atoms with Gasteiger partial charge in [0.15, 0.2) is 5.65 Å². The van der Waals surface area contributed by atoms with Crippen LogP contribution >= 0.6 is 34.2 Å². The average molecular weight is 373 g/mol. The Morgan fingerprint density at radius 2 is 2.17 bits per heavy atom. The minimum Gasteiger partial charge on any atom is -0.438 e. The number of hydrogen-bond donors (Lipinski definition) is 1. The summed E-state index contributed by atoms with van der Waals surface area (Å²) >= 11 is 8.04. The third-order valence-corrected chi connectivity index (χ3v) is 3.10. The first-order valence-corrected chi connectivity index (χ1v) is 6.48. The highest BCUT2D eigenvalue weighted by molar-refractivity contribution is 14.1. The van der Waals surface area contributed by atoms with Gasteiger partial charge in [0.25, 0.3) is 0 Å². The summed E-state index contributed by atoms with van der Waals surface area (Å²) in [4.78, 5) is 8.08. The van der Waals surface area contributed by atoms with Crippen LogP contribution in [0.4, 0.5) is 0 Å². The number of aromatic nitrogens is 4. The summed E-state index contributed by atoms with van der Waals surface area (Å²) in [6, 6.07) is 7.65. The molecule has 1 N–H and O–H groups in total. The van der Waals surface area contributed by atoms with Crippen LogP contribution in [0.3, 0.4) is 0 Å². The van der Waals surface area contributed by atoms with E-state index in [-0.39, 0.29) is 5.28 Å². The zero-order chi connectivity index (χ0) is 12.5. The summed E-state index contributed by atoms with van der Waals surface area (Å²) in [5, 5.41) is 7.44. The molecule has 0 saturated carbocycles. The number of H-pyrrole nitrogens is 1. The highest BCUT2D eigenvalue weighted by atomic mass is 127. The fourth-order valence-electron chi connectivity index (χ4n) is 1.50. The first kappa shape index (κ1) is 11.7. The lowest BCUT2D eigenvalue weighted by atomic mass is 10.3. The third kappa shape index (κ3) is 2.25. The van der Waals surface area contributed by atoms with Crippen LogP contribution in [-0.4, -0.2) is 20.2 Å². The standard InChI is InChI=1S/C11H6ClIN4O/c12-11-15-9-8(5-14-17-9)10(16-11)18-7-3-1-2-6(13)4-7/h1-5H,(H,14,15,16,17). The third-order valence-electron chi connectivity index (χ3n) is 2.26. The molecule has 0 aliphatic heterocycles. The van der Waals surface area contributed by atoms with Crippen LogP contribution in [0.5, 0.6) is 11.6 Å². The molecule has 2 aromatic heterocycles. The maximum atomic E-state index is 5.83. The summed E-state index contributed by atoms with van der Waals surface area (Å²) < 4.78 is 6.79. The molecule has 3 aromatic rings. The molecule has 3 rings (SSSR count). The first-order chi connectivity index (χ1) is 8.72. The molecule has 0 fully saturated rings. The van der Waals surface area contributed by atoms with Gasteiger partial charge in [0.05, 0.1) is 6.20 Å². The van der Waals surface area contributed by atoms with Crippen LogP contribution < -0.4 is 4.74 Å². The molecule has 0 spiro atoms. The highest BCUT2D eigenvalue weighted by Gasteiger charge is 2.10.